The molecule has 0 amide bonds. The third-order valence-corrected chi connectivity index (χ3v) is 3.52. The maximum atomic E-state index is 5.95. The zero-order valence-corrected chi connectivity index (χ0v) is 12.6. The molecule has 4 aromatic rings. The summed E-state index contributed by atoms with van der Waals surface area (Å²) in [5.74, 6) is 0.909. The van der Waals surface area contributed by atoms with Gasteiger partial charge < -0.3 is 10.2 Å². The molecule has 116 valence electrons. The van der Waals surface area contributed by atoms with Crippen LogP contribution in [0, 0.1) is 0 Å². The second-order valence-electron chi connectivity index (χ2n) is 5.13. The van der Waals surface area contributed by atoms with E-state index in [9.17, 15) is 0 Å². The third kappa shape index (κ3) is 2.61. The van der Waals surface area contributed by atoms with Crippen LogP contribution in [0.3, 0.4) is 0 Å². The highest BCUT2D eigenvalue weighted by molar-refractivity contribution is 5.68. The Labute approximate surface area is 138 Å². The second kappa shape index (κ2) is 5.92. The van der Waals surface area contributed by atoms with E-state index in [4.69, 9.17) is 10.2 Å². The van der Waals surface area contributed by atoms with Gasteiger partial charge in [0.25, 0.3) is 5.89 Å². The molecule has 0 atom stereocenters. The molecule has 0 spiro atoms. The van der Waals surface area contributed by atoms with E-state index in [2.05, 4.69) is 20.2 Å². The van der Waals surface area contributed by atoms with E-state index in [1.807, 2.05) is 60.7 Å². The summed E-state index contributed by atoms with van der Waals surface area (Å²) in [6.07, 6.45) is 1.63. The van der Waals surface area contributed by atoms with Crippen LogP contribution in [0.5, 0.6) is 0 Å². The molecule has 2 heterocycles. The van der Waals surface area contributed by atoms with Gasteiger partial charge in [-0.25, -0.2) is 9.97 Å². The summed E-state index contributed by atoms with van der Waals surface area (Å²) < 4.78 is 5.72. The molecule has 0 fully saturated rings. The number of nitrogens with two attached hydrogens (primary N) is 1. The van der Waals surface area contributed by atoms with Crippen LogP contribution in [0.1, 0.15) is 0 Å². The van der Waals surface area contributed by atoms with Crippen molar-refractivity contribution in [3.05, 3.63) is 66.9 Å². The van der Waals surface area contributed by atoms with Crippen molar-refractivity contribution in [2.75, 3.05) is 5.73 Å². The molecule has 6 nitrogen and oxygen atoms in total. The van der Waals surface area contributed by atoms with Crippen LogP contribution in [-0.2, 0) is 0 Å². The molecule has 6 heteroatoms. The summed E-state index contributed by atoms with van der Waals surface area (Å²) in [7, 11) is 0. The van der Waals surface area contributed by atoms with Crippen LogP contribution < -0.4 is 5.73 Å². The van der Waals surface area contributed by atoms with Gasteiger partial charge in [0.1, 0.15) is 0 Å². The first-order chi connectivity index (χ1) is 11.8. The van der Waals surface area contributed by atoms with Gasteiger partial charge in [0.15, 0.2) is 11.5 Å². The molecule has 4 rings (SSSR count). The second-order valence-corrected chi connectivity index (χ2v) is 5.13. The van der Waals surface area contributed by atoms with Gasteiger partial charge in [-0.05, 0) is 12.1 Å². The Morgan fingerprint density at radius 2 is 1.38 bits per heavy atom. The van der Waals surface area contributed by atoms with E-state index in [0.717, 1.165) is 11.1 Å². The van der Waals surface area contributed by atoms with Crippen LogP contribution >= 0.6 is 0 Å². The number of aromatic nitrogens is 4. The molecule has 2 aromatic carbocycles. The zero-order valence-electron chi connectivity index (χ0n) is 12.6. The lowest BCUT2D eigenvalue weighted by Crippen LogP contribution is -1.99. The van der Waals surface area contributed by atoms with Crippen molar-refractivity contribution in [3.63, 3.8) is 0 Å². The normalized spacial score (nSPS) is 10.7. The molecule has 2 aromatic heterocycles. The summed E-state index contributed by atoms with van der Waals surface area (Å²) in [5.41, 5.74) is 8.79. The molecule has 0 saturated carbocycles. The predicted molar refractivity (Wildman–Crippen MR) is 90.6 cm³/mol. The third-order valence-electron chi connectivity index (χ3n) is 3.52. The lowest BCUT2D eigenvalue weighted by Gasteiger charge is -2.04. The summed E-state index contributed by atoms with van der Waals surface area (Å²) in [6.45, 7) is 0. The van der Waals surface area contributed by atoms with Gasteiger partial charge in [-0.15, -0.1) is 10.2 Å². The van der Waals surface area contributed by atoms with E-state index in [0.29, 0.717) is 17.3 Å². The SMILES string of the molecule is Nc1ncc(-c2ccccc2)nc1-c1nnc(-c2ccccc2)o1. The monoisotopic (exact) mass is 315 g/mol. The minimum absolute atomic E-state index is 0.247. The lowest BCUT2D eigenvalue weighted by molar-refractivity contribution is 0.582. The van der Waals surface area contributed by atoms with Crippen LogP contribution in [0.25, 0.3) is 34.3 Å². The highest BCUT2D eigenvalue weighted by Crippen LogP contribution is 2.27. The maximum Gasteiger partial charge on any atom is 0.270 e. The molecule has 24 heavy (non-hydrogen) atoms. The van der Waals surface area contributed by atoms with E-state index in [1.54, 1.807) is 6.20 Å². The van der Waals surface area contributed by atoms with E-state index in [1.165, 1.54) is 0 Å². The summed E-state index contributed by atoms with van der Waals surface area (Å²) in [5, 5.41) is 8.13. The van der Waals surface area contributed by atoms with Crippen LogP contribution in [0.15, 0.2) is 71.3 Å². The Morgan fingerprint density at radius 1 is 0.750 bits per heavy atom. The Hall–Kier alpha value is -3.54. The largest absolute Gasteiger partial charge is 0.414 e. The Balaban J connectivity index is 1.76. The van der Waals surface area contributed by atoms with Gasteiger partial charge in [-0.3, -0.25) is 0 Å². The van der Waals surface area contributed by atoms with Crippen LogP contribution in [-0.4, -0.2) is 20.2 Å². The number of benzene rings is 2. The van der Waals surface area contributed by atoms with Crippen LogP contribution in [0.4, 0.5) is 5.82 Å². The minimum Gasteiger partial charge on any atom is -0.414 e. The Morgan fingerprint density at radius 3 is 2.08 bits per heavy atom. The van der Waals surface area contributed by atoms with Crippen molar-refractivity contribution in [1.82, 2.24) is 20.2 Å². The van der Waals surface area contributed by atoms with E-state index < -0.39 is 0 Å². The number of anilines is 1. The molecule has 0 aliphatic rings. The molecular formula is C18H13N5O. The Bertz CT molecular complexity index is 967. The fraction of sp³-hybridized carbons (Fsp3) is 0. The standard InChI is InChI=1S/C18H13N5O/c19-16-15(21-14(11-20-16)12-7-3-1-4-8-12)18-23-22-17(24-18)13-9-5-2-6-10-13/h1-11H,(H2,19,20). The predicted octanol–water partition coefficient (Wildman–Crippen LogP) is 3.44. The minimum atomic E-state index is 0.247. The smallest absolute Gasteiger partial charge is 0.270 e. The first-order valence-electron chi connectivity index (χ1n) is 7.38. The number of nitrogen functional groups attached to an aromatic ring is 1. The quantitative estimate of drug-likeness (QED) is 0.622. The number of hydrogen-bond donors (Lipinski definition) is 1. The fourth-order valence-corrected chi connectivity index (χ4v) is 2.32. The maximum absolute atomic E-state index is 5.95. The summed E-state index contributed by atoms with van der Waals surface area (Å²) in [6, 6.07) is 19.2. The summed E-state index contributed by atoms with van der Waals surface area (Å²) in [4.78, 5) is 8.74. The zero-order chi connectivity index (χ0) is 16.4. The van der Waals surface area contributed by atoms with Gasteiger partial charge in [0.2, 0.25) is 5.89 Å². The van der Waals surface area contributed by atoms with Gasteiger partial charge in [0.05, 0.1) is 11.9 Å². The first kappa shape index (κ1) is 14.1. The summed E-state index contributed by atoms with van der Waals surface area (Å²) >= 11 is 0. The molecule has 0 aliphatic heterocycles. The van der Waals surface area contributed by atoms with E-state index in [-0.39, 0.29) is 11.7 Å². The fourth-order valence-electron chi connectivity index (χ4n) is 2.32. The highest BCUT2D eigenvalue weighted by Gasteiger charge is 2.16. The van der Waals surface area contributed by atoms with Crippen molar-refractivity contribution in [2.24, 2.45) is 0 Å². The first-order valence-corrected chi connectivity index (χ1v) is 7.38. The topological polar surface area (TPSA) is 90.7 Å². The van der Waals surface area contributed by atoms with Crippen molar-refractivity contribution in [2.45, 2.75) is 0 Å². The molecule has 2 N–H and O–H groups in total. The van der Waals surface area contributed by atoms with Crippen LogP contribution in [0.2, 0.25) is 0 Å². The average molecular weight is 315 g/mol. The molecule has 0 saturated heterocycles. The van der Waals surface area contributed by atoms with Crippen molar-refractivity contribution < 1.29 is 4.42 Å². The van der Waals surface area contributed by atoms with Crippen molar-refractivity contribution >= 4 is 5.82 Å². The van der Waals surface area contributed by atoms with Gasteiger partial charge in [0, 0.05) is 11.1 Å². The van der Waals surface area contributed by atoms with Gasteiger partial charge >= 0.3 is 0 Å². The highest BCUT2D eigenvalue weighted by atomic mass is 16.4. The average Bonchev–Trinajstić information content (AvgIpc) is 3.13. The van der Waals surface area contributed by atoms with Crippen molar-refractivity contribution in [3.8, 4) is 34.3 Å². The molecule has 0 unspecified atom stereocenters. The molecule has 0 radical (unpaired) electrons. The van der Waals surface area contributed by atoms with E-state index >= 15 is 0 Å². The lowest BCUT2D eigenvalue weighted by atomic mass is 10.1. The van der Waals surface area contributed by atoms with Gasteiger partial charge in [-0.1, -0.05) is 48.5 Å². The number of hydrogen-bond acceptors (Lipinski definition) is 6. The van der Waals surface area contributed by atoms with Crippen molar-refractivity contribution in [1.29, 1.82) is 0 Å². The Kier molecular flexibility index (Phi) is 3.47. The number of rotatable bonds is 3. The molecule has 0 aliphatic carbocycles. The number of nitrogens with zero attached hydrogens (tertiary/aromatic N) is 4. The molecular weight excluding hydrogens is 302 g/mol. The molecule has 0 bridgehead atoms. The van der Waals surface area contributed by atoms with Gasteiger partial charge in [-0.2, -0.15) is 0 Å².